The normalized spacial score (nSPS) is 27.6. The smallest absolute Gasteiger partial charge is 0.326 e. The number of aromatic nitrogens is 1. The molecule has 2 aliphatic heterocycles. The third-order valence-electron chi connectivity index (χ3n) is 4.90. The van der Waals surface area contributed by atoms with Crippen LogP contribution in [0.25, 0.3) is 0 Å². The number of aliphatic imine (C=N–C) groups is 1. The van der Waals surface area contributed by atoms with Crippen molar-refractivity contribution in [1.29, 1.82) is 0 Å². The number of allylic oxidation sites excluding steroid dienone is 1. The number of rotatable bonds is 3. The summed E-state index contributed by atoms with van der Waals surface area (Å²) in [6.07, 6.45) is 9.70. The molecule has 6 nitrogen and oxygen atoms in total. The van der Waals surface area contributed by atoms with Crippen LogP contribution in [0.5, 0.6) is 0 Å². The molecular formula is C18H25N5O. The molecule has 0 radical (unpaired) electrons. The topological polar surface area (TPSA) is 83.6 Å². The summed E-state index contributed by atoms with van der Waals surface area (Å²) < 4.78 is 0. The lowest BCUT2D eigenvalue weighted by atomic mass is 9.85. The molecule has 0 bridgehead atoms. The standard InChI is InChI=1S/C18H25N5O/c1-12-6-4-10-20-16(12)14-8-3-9-15(23(14)22-18(19)24)17-13(2)7-5-11-21-17/h4-6,10-11,13-15H,3,7-9H2,1-2H3,(H3,19,22,24). The number of primary amides is 1. The number of carbonyl (C=O) groups excluding carboxylic acids is 1. The Morgan fingerprint density at radius 1 is 1.38 bits per heavy atom. The van der Waals surface area contributed by atoms with Crippen molar-refractivity contribution in [2.24, 2.45) is 16.6 Å². The van der Waals surface area contributed by atoms with Gasteiger partial charge in [0.2, 0.25) is 0 Å². The lowest BCUT2D eigenvalue weighted by molar-refractivity contribution is 0.0690. The molecule has 3 atom stereocenters. The molecule has 0 saturated carbocycles. The fourth-order valence-electron chi connectivity index (χ4n) is 3.75. The van der Waals surface area contributed by atoms with Crippen LogP contribution < -0.4 is 11.2 Å². The maximum Gasteiger partial charge on any atom is 0.326 e. The van der Waals surface area contributed by atoms with Crippen molar-refractivity contribution in [2.45, 2.75) is 51.6 Å². The highest BCUT2D eigenvalue weighted by atomic mass is 16.2. The first-order valence-electron chi connectivity index (χ1n) is 8.56. The number of nitrogens with two attached hydrogens (primary N) is 1. The number of carbonyl (C=O) groups is 1. The number of hydrogen-bond acceptors (Lipinski definition) is 4. The summed E-state index contributed by atoms with van der Waals surface area (Å²) in [5.41, 5.74) is 11.5. The van der Waals surface area contributed by atoms with Crippen LogP contribution in [0.1, 0.15) is 49.9 Å². The average Bonchev–Trinajstić information content (AvgIpc) is 2.56. The minimum Gasteiger partial charge on any atom is -0.351 e. The van der Waals surface area contributed by atoms with E-state index in [9.17, 15) is 4.79 Å². The zero-order chi connectivity index (χ0) is 17.1. The summed E-state index contributed by atoms with van der Waals surface area (Å²) in [4.78, 5) is 20.8. The second kappa shape index (κ2) is 7.13. The van der Waals surface area contributed by atoms with Gasteiger partial charge in [0, 0.05) is 18.1 Å². The van der Waals surface area contributed by atoms with Gasteiger partial charge in [-0.1, -0.05) is 19.1 Å². The largest absolute Gasteiger partial charge is 0.351 e. The van der Waals surface area contributed by atoms with E-state index < -0.39 is 6.03 Å². The summed E-state index contributed by atoms with van der Waals surface area (Å²) in [7, 11) is 0. The Balaban J connectivity index is 1.97. The van der Waals surface area contributed by atoms with Gasteiger partial charge in [-0.2, -0.15) is 0 Å². The zero-order valence-corrected chi connectivity index (χ0v) is 14.3. The number of amides is 2. The van der Waals surface area contributed by atoms with Gasteiger partial charge in [-0.25, -0.2) is 9.80 Å². The van der Waals surface area contributed by atoms with Crippen molar-refractivity contribution < 1.29 is 4.79 Å². The molecule has 1 aromatic rings. The van der Waals surface area contributed by atoms with Crippen LogP contribution in [0, 0.1) is 12.8 Å². The van der Waals surface area contributed by atoms with Crippen molar-refractivity contribution in [1.82, 2.24) is 15.4 Å². The number of piperidine rings is 1. The highest BCUT2D eigenvalue weighted by Crippen LogP contribution is 2.35. The number of nitrogens with one attached hydrogen (secondary N) is 1. The van der Waals surface area contributed by atoms with E-state index >= 15 is 0 Å². The summed E-state index contributed by atoms with van der Waals surface area (Å²) in [6, 6.07) is 3.51. The Hall–Kier alpha value is -2.21. The first kappa shape index (κ1) is 16.6. The lowest BCUT2D eigenvalue weighted by Crippen LogP contribution is -2.57. The second-order valence-electron chi connectivity index (χ2n) is 6.63. The van der Waals surface area contributed by atoms with E-state index in [0.717, 1.165) is 42.7 Å². The Labute approximate surface area is 142 Å². The molecule has 0 spiro atoms. The first-order valence-corrected chi connectivity index (χ1v) is 8.56. The van der Waals surface area contributed by atoms with Crippen molar-refractivity contribution in [3.05, 3.63) is 41.9 Å². The number of hydrazine groups is 1. The van der Waals surface area contributed by atoms with E-state index in [1.165, 1.54) is 0 Å². The van der Waals surface area contributed by atoms with Gasteiger partial charge in [0.1, 0.15) is 0 Å². The van der Waals surface area contributed by atoms with Crippen LogP contribution in [-0.2, 0) is 0 Å². The molecule has 3 rings (SSSR count). The predicted molar refractivity (Wildman–Crippen MR) is 94.3 cm³/mol. The molecule has 1 fully saturated rings. The lowest BCUT2D eigenvalue weighted by Gasteiger charge is -2.43. The summed E-state index contributed by atoms with van der Waals surface area (Å²) in [6.45, 7) is 4.23. The van der Waals surface area contributed by atoms with Gasteiger partial charge in [0.25, 0.3) is 0 Å². The summed E-state index contributed by atoms with van der Waals surface area (Å²) >= 11 is 0. The molecule has 6 heteroatoms. The third kappa shape index (κ3) is 3.33. The van der Waals surface area contributed by atoms with Gasteiger partial charge >= 0.3 is 6.03 Å². The van der Waals surface area contributed by atoms with Gasteiger partial charge in [0.05, 0.1) is 17.8 Å². The van der Waals surface area contributed by atoms with Crippen molar-refractivity contribution >= 4 is 11.7 Å². The number of urea groups is 1. The first-order chi connectivity index (χ1) is 11.6. The fourth-order valence-corrected chi connectivity index (χ4v) is 3.75. The van der Waals surface area contributed by atoms with E-state index in [1.54, 1.807) is 6.20 Å². The van der Waals surface area contributed by atoms with Crippen LogP contribution in [0.15, 0.2) is 35.6 Å². The van der Waals surface area contributed by atoms with Crippen molar-refractivity contribution in [2.75, 3.05) is 0 Å². The van der Waals surface area contributed by atoms with Gasteiger partial charge in [-0.15, -0.1) is 0 Å². The van der Waals surface area contributed by atoms with Crippen LogP contribution in [0.2, 0.25) is 0 Å². The Kier molecular flexibility index (Phi) is 4.94. The SMILES string of the molecule is Cc1cccnc1C1CCCC(C2=NC=CCC2C)N1NC(N)=O. The highest BCUT2D eigenvalue weighted by molar-refractivity contribution is 5.93. The van der Waals surface area contributed by atoms with Crippen LogP contribution in [-0.4, -0.2) is 27.8 Å². The summed E-state index contributed by atoms with van der Waals surface area (Å²) in [5, 5.41) is 1.98. The van der Waals surface area contributed by atoms with Crippen LogP contribution >= 0.6 is 0 Å². The van der Waals surface area contributed by atoms with E-state index in [1.807, 2.05) is 17.3 Å². The Morgan fingerprint density at radius 3 is 2.88 bits per heavy atom. The number of hydrogen-bond donors (Lipinski definition) is 2. The average molecular weight is 327 g/mol. The van der Waals surface area contributed by atoms with Gasteiger partial charge < -0.3 is 5.73 Å². The van der Waals surface area contributed by atoms with Gasteiger partial charge in [-0.05, 0) is 50.2 Å². The maximum atomic E-state index is 11.6. The van der Waals surface area contributed by atoms with Crippen LogP contribution in [0.4, 0.5) is 4.79 Å². The maximum absolute atomic E-state index is 11.6. The molecule has 1 saturated heterocycles. The molecule has 1 aromatic heterocycles. The van der Waals surface area contributed by atoms with E-state index in [4.69, 9.17) is 5.73 Å². The quantitative estimate of drug-likeness (QED) is 0.895. The third-order valence-corrected chi connectivity index (χ3v) is 4.90. The van der Waals surface area contributed by atoms with E-state index in [0.29, 0.717) is 5.92 Å². The van der Waals surface area contributed by atoms with Gasteiger partial charge in [-0.3, -0.25) is 15.4 Å². The summed E-state index contributed by atoms with van der Waals surface area (Å²) in [5.74, 6) is 0.362. The zero-order valence-electron chi connectivity index (χ0n) is 14.3. The molecule has 0 aromatic carbocycles. The molecule has 2 amide bonds. The molecule has 128 valence electrons. The number of pyridine rings is 1. The minimum absolute atomic E-state index is 0.0123. The van der Waals surface area contributed by atoms with E-state index in [-0.39, 0.29) is 12.1 Å². The fraction of sp³-hybridized carbons (Fsp3) is 0.500. The molecule has 3 heterocycles. The van der Waals surface area contributed by atoms with Crippen molar-refractivity contribution in [3.63, 3.8) is 0 Å². The molecule has 2 aliphatic rings. The molecule has 24 heavy (non-hydrogen) atoms. The minimum atomic E-state index is -0.542. The predicted octanol–water partition coefficient (Wildman–Crippen LogP) is 2.86. The van der Waals surface area contributed by atoms with E-state index in [2.05, 4.69) is 41.4 Å². The molecule has 3 unspecified atom stereocenters. The molecule has 0 aliphatic carbocycles. The number of nitrogens with zero attached hydrogens (tertiary/aromatic N) is 3. The molecular weight excluding hydrogens is 302 g/mol. The number of aryl methyl sites for hydroxylation is 1. The van der Waals surface area contributed by atoms with Crippen LogP contribution in [0.3, 0.4) is 0 Å². The Bertz CT molecular complexity index is 669. The monoisotopic (exact) mass is 327 g/mol. The highest BCUT2D eigenvalue weighted by Gasteiger charge is 2.38. The second-order valence-corrected chi connectivity index (χ2v) is 6.63. The molecule has 3 N–H and O–H groups in total. The Morgan fingerprint density at radius 2 is 2.17 bits per heavy atom. The van der Waals surface area contributed by atoms with Gasteiger partial charge in [0.15, 0.2) is 0 Å². The van der Waals surface area contributed by atoms with Crippen molar-refractivity contribution in [3.8, 4) is 0 Å².